The first kappa shape index (κ1) is 14.1. The van der Waals surface area contributed by atoms with E-state index in [1.54, 1.807) is 17.4 Å². The minimum Gasteiger partial charge on any atom is -0.310 e. The van der Waals surface area contributed by atoms with E-state index in [4.69, 9.17) is 0 Å². The number of hydrogen-bond acceptors (Lipinski definition) is 3. The summed E-state index contributed by atoms with van der Waals surface area (Å²) in [4.78, 5) is 4.37. The van der Waals surface area contributed by atoms with Gasteiger partial charge in [-0.2, -0.15) is 0 Å². The lowest BCUT2D eigenvalue weighted by molar-refractivity contribution is 0.463. The third-order valence-corrected chi connectivity index (χ3v) is 3.71. The predicted molar refractivity (Wildman–Crippen MR) is 73.3 cm³/mol. The molecule has 0 spiro atoms. The number of aryl methyl sites for hydroxylation is 1. The largest absolute Gasteiger partial charge is 0.310 e. The molecule has 1 unspecified atom stereocenters. The first-order valence-corrected chi connectivity index (χ1v) is 7.08. The zero-order valence-electron chi connectivity index (χ0n) is 10.9. The van der Waals surface area contributed by atoms with Crippen molar-refractivity contribution in [2.24, 2.45) is 0 Å². The molecular formula is C14H16F2N2S. The van der Waals surface area contributed by atoms with Crippen LogP contribution < -0.4 is 5.32 Å². The van der Waals surface area contributed by atoms with Crippen LogP contribution in [-0.2, 0) is 6.42 Å². The van der Waals surface area contributed by atoms with Gasteiger partial charge in [-0.3, -0.25) is 0 Å². The number of nitrogens with one attached hydrogen (secondary N) is 1. The normalized spacial score (nSPS) is 12.6. The third kappa shape index (κ3) is 3.36. The minimum atomic E-state index is -0.810. The summed E-state index contributed by atoms with van der Waals surface area (Å²) in [6, 6.07) is 4.02. The van der Waals surface area contributed by atoms with Crippen LogP contribution in [0.2, 0.25) is 0 Å². The van der Waals surface area contributed by atoms with Crippen molar-refractivity contribution in [3.63, 3.8) is 0 Å². The Morgan fingerprint density at radius 3 is 2.79 bits per heavy atom. The molecule has 2 rings (SSSR count). The molecule has 1 atom stereocenters. The summed E-state index contributed by atoms with van der Waals surface area (Å²) < 4.78 is 27.2. The molecule has 0 saturated carbocycles. The lowest BCUT2D eigenvalue weighted by atomic mass is 10.0. The summed E-state index contributed by atoms with van der Waals surface area (Å²) in [6.45, 7) is 4.55. The predicted octanol–water partition coefficient (Wildman–Crippen LogP) is 3.62. The van der Waals surface area contributed by atoms with E-state index in [1.807, 2.05) is 19.2 Å². The van der Waals surface area contributed by atoms with Gasteiger partial charge in [0.15, 0.2) is 11.6 Å². The van der Waals surface area contributed by atoms with Crippen molar-refractivity contribution in [2.75, 3.05) is 6.54 Å². The zero-order chi connectivity index (χ0) is 13.8. The van der Waals surface area contributed by atoms with Gasteiger partial charge in [-0.15, -0.1) is 11.3 Å². The number of benzene rings is 1. The number of likely N-dealkylation sites (N-methyl/N-ethyl adjacent to an activating group) is 1. The van der Waals surface area contributed by atoms with Crippen LogP contribution in [0.1, 0.15) is 29.2 Å². The molecule has 0 bridgehead atoms. The Labute approximate surface area is 115 Å². The smallest absolute Gasteiger partial charge is 0.163 e. The summed E-state index contributed by atoms with van der Waals surface area (Å²) >= 11 is 1.56. The zero-order valence-corrected chi connectivity index (χ0v) is 11.7. The third-order valence-electron chi connectivity index (χ3n) is 2.89. The Morgan fingerprint density at radius 2 is 2.16 bits per heavy atom. The van der Waals surface area contributed by atoms with Crippen molar-refractivity contribution in [2.45, 2.75) is 26.3 Å². The van der Waals surface area contributed by atoms with Crippen LogP contribution in [0.5, 0.6) is 0 Å². The van der Waals surface area contributed by atoms with Crippen molar-refractivity contribution in [1.29, 1.82) is 0 Å². The summed E-state index contributed by atoms with van der Waals surface area (Å²) in [5, 5.41) is 6.11. The molecule has 1 aromatic heterocycles. The first-order valence-electron chi connectivity index (χ1n) is 6.20. The second-order valence-corrected chi connectivity index (χ2v) is 5.38. The monoisotopic (exact) mass is 282 g/mol. The van der Waals surface area contributed by atoms with Gasteiger partial charge in [-0.25, -0.2) is 13.8 Å². The van der Waals surface area contributed by atoms with E-state index in [2.05, 4.69) is 10.3 Å². The van der Waals surface area contributed by atoms with E-state index in [0.29, 0.717) is 18.5 Å². The van der Waals surface area contributed by atoms with Gasteiger partial charge < -0.3 is 5.32 Å². The molecule has 2 nitrogen and oxygen atoms in total. The van der Waals surface area contributed by atoms with E-state index < -0.39 is 11.6 Å². The van der Waals surface area contributed by atoms with Crippen molar-refractivity contribution in [3.05, 3.63) is 51.5 Å². The fourth-order valence-electron chi connectivity index (χ4n) is 2.04. The van der Waals surface area contributed by atoms with Crippen LogP contribution in [0, 0.1) is 18.6 Å². The second-order valence-electron chi connectivity index (χ2n) is 4.32. The summed E-state index contributed by atoms with van der Waals surface area (Å²) in [5.41, 5.74) is 1.25. The van der Waals surface area contributed by atoms with E-state index in [0.717, 1.165) is 16.8 Å². The second kappa shape index (κ2) is 6.21. The maximum atomic E-state index is 13.9. The van der Waals surface area contributed by atoms with E-state index in [1.165, 1.54) is 6.07 Å². The van der Waals surface area contributed by atoms with Crippen molar-refractivity contribution < 1.29 is 8.78 Å². The molecule has 0 aliphatic rings. The molecular weight excluding hydrogens is 266 g/mol. The highest BCUT2D eigenvalue weighted by atomic mass is 32.1. The number of aromatic nitrogens is 1. The van der Waals surface area contributed by atoms with Gasteiger partial charge in [0.2, 0.25) is 0 Å². The lowest BCUT2D eigenvalue weighted by Crippen LogP contribution is -2.24. The summed E-state index contributed by atoms with van der Waals surface area (Å²) in [6.07, 6.45) is 0.554. The Balaban J connectivity index is 2.26. The van der Waals surface area contributed by atoms with Crippen LogP contribution in [0.4, 0.5) is 8.78 Å². The summed E-state index contributed by atoms with van der Waals surface area (Å²) in [5.74, 6) is -1.59. The Bertz CT molecular complexity index is 554. The summed E-state index contributed by atoms with van der Waals surface area (Å²) in [7, 11) is 0. The van der Waals surface area contributed by atoms with Crippen LogP contribution >= 0.6 is 11.3 Å². The van der Waals surface area contributed by atoms with Gasteiger partial charge in [-0.05, 0) is 19.5 Å². The molecule has 0 radical (unpaired) electrons. The van der Waals surface area contributed by atoms with Gasteiger partial charge in [-0.1, -0.05) is 19.1 Å². The number of nitrogens with zero attached hydrogens (tertiary/aromatic N) is 1. The fraction of sp³-hybridized carbons (Fsp3) is 0.357. The Hall–Kier alpha value is -1.33. The van der Waals surface area contributed by atoms with Gasteiger partial charge in [0.25, 0.3) is 0 Å². The fourth-order valence-corrected chi connectivity index (χ4v) is 2.66. The van der Waals surface area contributed by atoms with Gasteiger partial charge in [0.05, 0.1) is 10.7 Å². The highest BCUT2D eigenvalue weighted by Gasteiger charge is 2.18. The maximum absolute atomic E-state index is 13.9. The molecule has 5 heteroatoms. The lowest BCUT2D eigenvalue weighted by Gasteiger charge is -2.18. The number of hydrogen-bond donors (Lipinski definition) is 1. The SMILES string of the molecule is CCNC(Cc1csc(C)n1)c1cccc(F)c1F. The average molecular weight is 282 g/mol. The van der Waals surface area contributed by atoms with Crippen molar-refractivity contribution in [3.8, 4) is 0 Å². The molecule has 102 valence electrons. The van der Waals surface area contributed by atoms with Crippen LogP contribution in [-0.4, -0.2) is 11.5 Å². The first-order chi connectivity index (χ1) is 9.11. The molecule has 1 heterocycles. The number of thiazole rings is 1. The average Bonchev–Trinajstić information content (AvgIpc) is 2.78. The van der Waals surface area contributed by atoms with E-state index in [9.17, 15) is 8.78 Å². The quantitative estimate of drug-likeness (QED) is 0.906. The molecule has 0 amide bonds. The highest BCUT2D eigenvalue weighted by molar-refractivity contribution is 7.09. The van der Waals surface area contributed by atoms with Crippen LogP contribution in [0.25, 0.3) is 0 Å². The molecule has 0 saturated heterocycles. The van der Waals surface area contributed by atoms with Gasteiger partial charge >= 0.3 is 0 Å². The van der Waals surface area contributed by atoms with E-state index in [-0.39, 0.29) is 6.04 Å². The van der Waals surface area contributed by atoms with Gasteiger partial charge in [0.1, 0.15) is 0 Å². The Kier molecular flexibility index (Phi) is 4.61. The number of halogens is 2. The molecule has 2 aromatic rings. The molecule has 1 N–H and O–H groups in total. The molecule has 0 aliphatic heterocycles. The molecule has 19 heavy (non-hydrogen) atoms. The highest BCUT2D eigenvalue weighted by Crippen LogP contribution is 2.23. The molecule has 1 aromatic carbocycles. The van der Waals surface area contributed by atoms with E-state index >= 15 is 0 Å². The van der Waals surface area contributed by atoms with Crippen molar-refractivity contribution in [1.82, 2.24) is 10.3 Å². The molecule has 0 aliphatic carbocycles. The van der Waals surface area contributed by atoms with Crippen LogP contribution in [0.3, 0.4) is 0 Å². The molecule has 0 fully saturated rings. The maximum Gasteiger partial charge on any atom is 0.163 e. The minimum absolute atomic E-state index is 0.262. The Morgan fingerprint density at radius 1 is 1.37 bits per heavy atom. The van der Waals surface area contributed by atoms with Gasteiger partial charge in [0, 0.05) is 23.4 Å². The van der Waals surface area contributed by atoms with Crippen LogP contribution in [0.15, 0.2) is 23.6 Å². The number of rotatable bonds is 5. The topological polar surface area (TPSA) is 24.9 Å². The van der Waals surface area contributed by atoms with Crippen molar-refractivity contribution >= 4 is 11.3 Å². The standard InChI is InChI=1S/C14H16F2N2S/c1-3-17-13(7-10-8-19-9(2)18-10)11-5-4-6-12(15)14(11)16/h4-6,8,13,17H,3,7H2,1-2H3.